The van der Waals surface area contributed by atoms with Crippen LogP contribution in [0.1, 0.15) is 20.8 Å². The van der Waals surface area contributed by atoms with E-state index in [2.05, 4.69) is 0 Å². The zero-order chi connectivity index (χ0) is 7.65. The van der Waals surface area contributed by atoms with Crippen LogP contribution >= 0.6 is 12.4 Å². The molecule has 0 aliphatic heterocycles. The van der Waals surface area contributed by atoms with Gasteiger partial charge < -0.3 is 10.8 Å². The van der Waals surface area contributed by atoms with Crippen LogP contribution in [0.3, 0.4) is 0 Å². The number of halogens is 1. The molecule has 62 valence electrons. The molecule has 0 aromatic carbocycles. The van der Waals surface area contributed by atoms with Crippen LogP contribution in [0.4, 0.5) is 0 Å². The second kappa shape index (κ2) is 3.78. The summed E-state index contributed by atoms with van der Waals surface area (Å²) in [6.45, 7) is 5.39. The predicted octanol–water partition coefficient (Wildman–Crippen LogP) is 0.866. The summed E-state index contributed by atoms with van der Waals surface area (Å²) in [6.07, 6.45) is 0. The van der Waals surface area contributed by atoms with E-state index in [1.54, 1.807) is 20.8 Å². The van der Waals surface area contributed by atoms with Gasteiger partial charge in [-0.15, -0.1) is 12.4 Å². The molecule has 0 fully saturated rings. The van der Waals surface area contributed by atoms with Gasteiger partial charge in [0.1, 0.15) is 6.04 Å². The molecule has 0 unspecified atom stereocenters. The lowest BCUT2D eigenvalue weighted by Gasteiger charge is -2.22. The molecule has 0 rings (SSSR count). The molecule has 0 spiro atoms. The van der Waals surface area contributed by atoms with Crippen LogP contribution in [0, 0.1) is 5.41 Å². The molecule has 3 N–H and O–H groups in total. The maximum Gasteiger partial charge on any atom is 0.321 e. The van der Waals surface area contributed by atoms with Gasteiger partial charge in [0.05, 0.1) is 0 Å². The third kappa shape index (κ3) is 3.69. The largest absolute Gasteiger partial charge is 0.480 e. The first-order chi connectivity index (χ1) is 3.85. The Morgan fingerprint density at radius 2 is 1.80 bits per heavy atom. The molecular formula is C6H14ClNO2. The topological polar surface area (TPSA) is 63.3 Å². The van der Waals surface area contributed by atoms with Gasteiger partial charge in [-0.25, -0.2) is 0 Å². The lowest BCUT2D eigenvalue weighted by atomic mass is 9.93. The fourth-order valence-corrected chi connectivity index (χ4v) is 0.370. The molecule has 0 radical (unpaired) electrons. The van der Waals surface area contributed by atoms with E-state index in [4.69, 9.17) is 10.8 Å². The van der Waals surface area contributed by atoms with Gasteiger partial charge in [-0.3, -0.25) is 4.79 Å². The van der Waals surface area contributed by atoms with Gasteiger partial charge in [0.15, 0.2) is 0 Å². The van der Waals surface area contributed by atoms with Gasteiger partial charge >= 0.3 is 5.97 Å². The zero-order valence-electron chi connectivity index (χ0n) is 6.42. The van der Waals surface area contributed by atoms with Crippen molar-refractivity contribution in [1.29, 1.82) is 0 Å². The smallest absolute Gasteiger partial charge is 0.321 e. The van der Waals surface area contributed by atoms with Crippen molar-refractivity contribution in [3.63, 3.8) is 0 Å². The molecule has 1 atom stereocenters. The van der Waals surface area contributed by atoms with E-state index in [-0.39, 0.29) is 17.8 Å². The maximum absolute atomic E-state index is 10.2. The summed E-state index contributed by atoms with van der Waals surface area (Å²) in [5, 5.41) is 8.39. The van der Waals surface area contributed by atoms with Crippen LogP contribution in [-0.2, 0) is 4.79 Å². The highest BCUT2D eigenvalue weighted by molar-refractivity contribution is 5.85. The molecule has 3 nitrogen and oxygen atoms in total. The molecule has 0 heterocycles. The summed E-state index contributed by atoms with van der Waals surface area (Å²) in [5.41, 5.74) is 4.95. The molecule has 0 amide bonds. The van der Waals surface area contributed by atoms with E-state index in [0.717, 1.165) is 0 Å². The molecule has 0 saturated carbocycles. The molecular weight excluding hydrogens is 156 g/mol. The Kier molecular flexibility index (Phi) is 4.69. The summed E-state index contributed by atoms with van der Waals surface area (Å²) < 4.78 is 0. The summed E-state index contributed by atoms with van der Waals surface area (Å²) in [5.74, 6) is -0.942. The Morgan fingerprint density at radius 3 is 1.80 bits per heavy atom. The molecule has 0 saturated heterocycles. The van der Waals surface area contributed by atoms with E-state index in [9.17, 15) is 4.79 Å². The fraction of sp³-hybridized carbons (Fsp3) is 0.833. The van der Waals surface area contributed by atoms with Gasteiger partial charge in [-0.2, -0.15) is 0 Å². The van der Waals surface area contributed by atoms with Crippen LogP contribution in [-0.4, -0.2) is 17.1 Å². The average Bonchev–Trinajstić information content (AvgIpc) is 1.62. The van der Waals surface area contributed by atoms with Crippen LogP contribution in [0.2, 0.25) is 0 Å². The van der Waals surface area contributed by atoms with E-state index in [1.807, 2.05) is 0 Å². The number of carbonyl (C=O) groups is 1. The number of aliphatic carboxylic acids is 1. The summed E-state index contributed by atoms with van der Waals surface area (Å²) in [7, 11) is 0. The maximum atomic E-state index is 10.2. The zero-order valence-corrected chi connectivity index (χ0v) is 7.23. The molecule has 10 heavy (non-hydrogen) atoms. The number of rotatable bonds is 1. The molecule has 4 heteroatoms. The van der Waals surface area contributed by atoms with Gasteiger partial charge in [0.2, 0.25) is 0 Å². The quantitative estimate of drug-likeness (QED) is 0.612. The molecule has 0 aromatic heterocycles. The number of hydrogen-bond donors (Lipinski definition) is 2. The van der Waals surface area contributed by atoms with Gasteiger partial charge in [0, 0.05) is 0 Å². The highest BCUT2D eigenvalue weighted by Gasteiger charge is 2.26. The van der Waals surface area contributed by atoms with E-state index >= 15 is 0 Å². The van der Waals surface area contributed by atoms with Crippen molar-refractivity contribution in [2.24, 2.45) is 11.1 Å². The summed E-state index contributed by atoms with van der Waals surface area (Å²) >= 11 is 0. The summed E-state index contributed by atoms with van der Waals surface area (Å²) in [4.78, 5) is 10.2. The normalized spacial score (nSPS) is 13.6. The first-order valence-corrected chi connectivity index (χ1v) is 2.84. The number of nitrogens with two attached hydrogens (primary N) is 1. The first kappa shape index (κ1) is 12.4. The first-order valence-electron chi connectivity index (χ1n) is 2.84. The highest BCUT2D eigenvalue weighted by atomic mass is 35.5. The fourth-order valence-electron chi connectivity index (χ4n) is 0.370. The van der Waals surface area contributed by atoms with Crippen LogP contribution < -0.4 is 5.73 Å². The lowest BCUT2D eigenvalue weighted by Crippen LogP contribution is -2.41. The van der Waals surface area contributed by atoms with Gasteiger partial charge in [-0.1, -0.05) is 20.8 Å². The Balaban J connectivity index is 0. The number of carboxylic acid groups (broad SMARTS) is 1. The van der Waals surface area contributed by atoms with E-state index in [0.29, 0.717) is 0 Å². The lowest BCUT2D eigenvalue weighted by molar-refractivity contribution is -0.141. The van der Waals surface area contributed by atoms with E-state index < -0.39 is 12.0 Å². The molecule has 0 aliphatic carbocycles. The Labute approximate surface area is 67.0 Å². The van der Waals surface area contributed by atoms with Crippen LogP contribution in [0.15, 0.2) is 0 Å². The number of hydrogen-bond acceptors (Lipinski definition) is 2. The predicted molar refractivity (Wildman–Crippen MR) is 42.3 cm³/mol. The van der Waals surface area contributed by atoms with Crippen molar-refractivity contribution in [2.75, 3.05) is 0 Å². The van der Waals surface area contributed by atoms with E-state index in [1.165, 1.54) is 0 Å². The second-order valence-electron chi connectivity index (χ2n) is 3.18. The Bertz CT molecular complexity index is 119. The van der Waals surface area contributed by atoms with Crippen molar-refractivity contribution >= 4 is 18.4 Å². The second-order valence-corrected chi connectivity index (χ2v) is 3.18. The summed E-state index contributed by atoms with van der Waals surface area (Å²) in [6, 6.07) is -0.766. The SMILES string of the molecule is CC(C)(C)[C@H](N)[14C](=O)O.Cl. The minimum Gasteiger partial charge on any atom is -0.480 e. The molecule has 0 aromatic rings. The monoisotopic (exact) mass is 169 g/mol. The standard InChI is InChI=1S/C6H13NO2.ClH/c1-6(2,3)4(7)5(8)9;/h4H,7H2,1-3H3,(H,8,9);1H/t4-;/m1./s1/i5+2;. The third-order valence-electron chi connectivity index (χ3n) is 1.20. The van der Waals surface area contributed by atoms with Crippen molar-refractivity contribution in [2.45, 2.75) is 26.8 Å². The third-order valence-corrected chi connectivity index (χ3v) is 1.20. The number of carboxylic acids is 1. The Hall–Kier alpha value is -0.280. The molecule has 0 bridgehead atoms. The minimum atomic E-state index is -0.942. The van der Waals surface area contributed by atoms with Crippen molar-refractivity contribution in [3.8, 4) is 0 Å². The Morgan fingerprint density at radius 1 is 1.50 bits per heavy atom. The van der Waals surface area contributed by atoms with Gasteiger partial charge in [0.25, 0.3) is 0 Å². The average molecular weight is 170 g/mol. The minimum absolute atomic E-state index is 0. The van der Waals surface area contributed by atoms with Crippen molar-refractivity contribution < 1.29 is 9.90 Å². The van der Waals surface area contributed by atoms with Crippen molar-refractivity contribution in [1.82, 2.24) is 0 Å². The van der Waals surface area contributed by atoms with Crippen molar-refractivity contribution in [3.05, 3.63) is 0 Å². The van der Waals surface area contributed by atoms with Gasteiger partial charge in [-0.05, 0) is 5.41 Å². The van der Waals surface area contributed by atoms with Crippen LogP contribution in [0.25, 0.3) is 0 Å². The highest BCUT2D eigenvalue weighted by Crippen LogP contribution is 2.16. The molecule has 0 aliphatic rings. The van der Waals surface area contributed by atoms with Crippen LogP contribution in [0.5, 0.6) is 0 Å².